The second kappa shape index (κ2) is 6.90. The number of anilines is 1. The Morgan fingerprint density at radius 3 is 2.08 bits per heavy atom. The fourth-order valence-corrected chi connectivity index (χ4v) is 6.70. The predicted molar refractivity (Wildman–Crippen MR) is 110 cm³/mol. The summed E-state index contributed by atoms with van der Waals surface area (Å²) in [5.74, 6) is 2.97. The highest BCUT2D eigenvalue weighted by molar-refractivity contribution is 7.80. The van der Waals surface area contributed by atoms with E-state index < -0.39 is 0 Å². The molecule has 4 bridgehead atoms. The number of rotatable bonds is 5. The Morgan fingerprint density at radius 1 is 1.04 bits per heavy atom. The van der Waals surface area contributed by atoms with Gasteiger partial charge in [-0.05, 0) is 104 Å². The lowest BCUT2D eigenvalue weighted by Crippen LogP contribution is -2.57. The van der Waals surface area contributed by atoms with Crippen LogP contribution in [0.1, 0.15) is 64.4 Å². The summed E-state index contributed by atoms with van der Waals surface area (Å²) in [7, 11) is 0. The van der Waals surface area contributed by atoms with E-state index in [1.54, 1.807) is 0 Å². The number of benzene rings is 1. The molecule has 1 atom stereocenters. The monoisotopic (exact) mass is 356 g/mol. The first-order valence-electron chi connectivity index (χ1n) is 10.3. The van der Waals surface area contributed by atoms with E-state index in [0.717, 1.165) is 35.0 Å². The van der Waals surface area contributed by atoms with Crippen LogP contribution in [0, 0.1) is 23.2 Å². The first-order valence-corrected chi connectivity index (χ1v) is 10.7. The van der Waals surface area contributed by atoms with Gasteiger partial charge in [-0.25, -0.2) is 0 Å². The fourth-order valence-electron chi connectivity index (χ4n) is 6.44. The number of aryl methyl sites for hydroxylation is 1. The molecule has 0 heterocycles. The van der Waals surface area contributed by atoms with Gasteiger partial charge in [0, 0.05) is 11.7 Å². The second-order valence-electron chi connectivity index (χ2n) is 8.89. The Kier molecular flexibility index (Phi) is 4.79. The largest absolute Gasteiger partial charge is 0.359 e. The maximum Gasteiger partial charge on any atom is 0.171 e. The maximum atomic E-state index is 5.67. The summed E-state index contributed by atoms with van der Waals surface area (Å²) in [6.07, 6.45) is 11.0. The summed E-state index contributed by atoms with van der Waals surface area (Å²) in [5.41, 5.74) is 2.96. The van der Waals surface area contributed by atoms with Crippen LogP contribution in [0.5, 0.6) is 0 Å². The van der Waals surface area contributed by atoms with E-state index in [4.69, 9.17) is 12.2 Å². The Morgan fingerprint density at radius 2 is 1.60 bits per heavy atom. The van der Waals surface area contributed by atoms with Crippen LogP contribution in [-0.2, 0) is 6.42 Å². The molecule has 4 saturated carbocycles. The average molecular weight is 357 g/mol. The summed E-state index contributed by atoms with van der Waals surface area (Å²) in [6.45, 7) is 4.51. The fraction of sp³-hybridized carbons (Fsp3) is 0.682. The molecular weight excluding hydrogens is 324 g/mol. The van der Waals surface area contributed by atoms with Gasteiger partial charge in [0.15, 0.2) is 5.11 Å². The molecule has 0 spiro atoms. The summed E-state index contributed by atoms with van der Waals surface area (Å²) in [4.78, 5) is 0. The molecule has 2 N–H and O–H groups in total. The van der Waals surface area contributed by atoms with Crippen molar-refractivity contribution in [3.63, 3.8) is 0 Å². The van der Waals surface area contributed by atoms with E-state index in [1.165, 1.54) is 50.5 Å². The number of nitrogens with one attached hydrogen (secondary N) is 2. The highest BCUT2D eigenvalue weighted by atomic mass is 32.1. The van der Waals surface area contributed by atoms with Crippen molar-refractivity contribution in [2.45, 2.75) is 71.3 Å². The van der Waals surface area contributed by atoms with Gasteiger partial charge in [0.05, 0.1) is 0 Å². The quantitative estimate of drug-likeness (QED) is 0.678. The highest BCUT2D eigenvalue weighted by Gasteiger charge is 2.53. The SMILES string of the molecule is CCc1ccc(NC(=S)NC(CC)C23CC4CC(CC(C4)C2)C3)cc1. The zero-order chi connectivity index (χ0) is 17.4. The number of thiocarbonyl (C=S) groups is 1. The summed E-state index contributed by atoms with van der Waals surface area (Å²) >= 11 is 5.67. The van der Waals surface area contributed by atoms with Crippen LogP contribution < -0.4 is 10.6 Å². The Bertz CT molecular complexity index is 586. The summed E-state index contributed by atoms with van der Waals surface area (Å²) in [5, 5.41) is 7.93. The first-order chi connectivity index (χ1) is 12.1. The van der Waals surface area contributed by atoms with E-state index in [-0.39, 0.29) is 0 Å². The van der Waals surface area contributed by atoms with E-state index >= 15 is 0 Å². The molecule has 4 fully saturated rings. The second-order valence-corrected chi connectivity index (χ2v) is 9.30. The Labute approximate surface area is 158 Å². The minimum Gasteiger partial charge on any atom is -0.359 e. The molecule has 0 saturated heterocycles. The molecule has 1 unspecified atom stereocenters. The molecule has 4 aliphatic rings. The van der Waals surface area contributed by atoms with Gasteiger partial charge in [-0.15, -0.1) is 0 Å². The third kappa shape index (κ3) is 3.45. The molecule has 0 aliphatic heterocycles. The van der Waals surface area contributed by atoms with Gasteiger partial charge in [0.2, 0.25) is 0 Å². The molecule has 5 rings (SSSR count). The minimum absolute atomic E-state index is 0.501. The third-order valence-electron chi connectivity index (χ3n) is 7.16. The van der Waals surface area contributed by atoms with Crippen molar-refractivity contribution in [3.05, 3.63) is 29.8 Å². The smallest absolute Gasteiger partial charge is 0.171 e. The van der Waals surface area contributed by atoms with Gasteiger partial charge in [-0.1, -0.05) is 26.0 Å². The first kappa shape index (κ1) is 17.3. The van der Waals surface area contributed by atoms with Crippen LogP contribution in [-0.4, -0.2) is 11.2 Å². The van der Waals surface area contributed by atoms with Crippen molar-refractivity contribution in [2.24, 2.45) is 23.2 Å². The van der Waals surface area contributed by atoms with Crippen molar-refractivity contribution < 1.29 is 0 Å². The Balaban J connectivity index is 1.42. The van der Waals surface area contributed by atoms with Crippen LogP contribution in [0.3, 0.4) is 0 Å². The van der Waals surface area contributed by atoms with Gasteiger partial charge < -0.3 is 10.6 Å². The molecular formula is C22H32N2S. The molecule has 4 aliphatic carbocycles. The van der Waals surface area contributed by atoms with Crippen LogP contribution >= 0.6 is 12.2 Å². The molecule has 1 aromatic rings. The van der Waals surface area contributed by atoms with Gasteiger partial charge in [-0.2, -0.15) is 0 Å². The summed E-state index contributed by atoms with van der Waals surface area (Å²) in [6, 6.07) is 9.16. The number of hydrogen-bond acceptors (Lipinski definition) is 1. The van der Waals surface area contributed by atoms with Gasteiger partial charge in [-0.3, -0.25) is 0 Å². The van der Waals surface area contributed by atoms with Crippen molar-refractivity contribution in [1.82, 2.24) is 5.32 Å². The van der Waals surface area contributed by atoms with Crippen LogP contribution in [0.2, 0.25) is 0 Å². The normalized spacial score (nSPS) is 33.9. The molecule has 0 aromatic heterocycles. The highest BCUT2D eigenvalue weighted by Crippen LogP contribution is 2.61. The third-order valence-corrected chi connectivity index (χ3v) is 7.38. The van der Waals surface area contributed by atoms with Crippen molar-refractivity contribution in [1.29, 1.82) is 0 Å². The van der Waals surface area contributed by atoms with Gasteiger partial charge >= 0.3 is 0 Å². The van der Waals surface area contributed by atoms with Crippen molar-refractivity contribution in [3.8, 4) is 0 Å². The van der Waals surface area contributed by atoms with Gasteiger partial charge in [0.1, 0.15) is 0 Å². The molecule has 2 nitrogen and oxygen atoms in total. The Hall–Kier alpha value is -1.09. The van der Waals surface area contributed by atoms with E-state index in [2.05, 4.69) is 48.7 Å². The molecule has 3 heteroatoms. The molecule has 0 amide bonds. The van der Waals surface area contributed by atoms with E-state index in [1.807, 2.05) is 0 Å². The lowest BCUT2D eigenvalue weighted by Gasteiger charge is -2.59. The average Bonchev–Trinajstić information content (AvgIpc) is 2.59. The van der Waals surface area contributed by atoms with Crippen LogP contribution in [0.25, 0.3) is 0 Å². The van der Waals surface area contributed by atoms with Crippen molar-refractivity contribution >= 4 is 23.0 Å². The summed E-state index contributed by atoms with van der Waals surface area (Å²) < 4.78 is 0. The van der Waals surface area contributed by atoms with E-state index in [9.17, 15) is 0 Å². The molecule has 25 heavy (non-hydrogen) atoms. The molecule has 1 aromatic carbocycles. The lowest BCUT2D eigenvalue weighted by atomic mass is 9.47. The van der Waals surface area contributed by atoms with Crippen molar-refractivity contribution in [2.75, 3.05) is 5.32 Å². The molecule has 136 valence electrons. The van der Waals surface area contributed by atoms with Crippen LogP contribution in [0.15, 0.2) is 24.3 Å². The van der Waals surface area contributed by atoms with Crippen LogP contribution in [0.4, 0.5) is 5.69 Å². The lowest BCUT2D eigenvalue weighted by molar-refractivity contribution is -0.0709. The molecule has 0 radical (unpaired) electrons. The maximum absolute atomic E-state index is 5.67. The van der Waals surface area contributed by atoms with E-state index in [0.29, 0.717) is 11.5 Å². The number of hydrogen-bond donors (Lipinski definition) is 2. The minimum atomic E-state index is 0.501. The zero-order valence-corrected chi connectivity index (χ0v) is 16.5. The topological polar surface area (TPSA) is 24.1 Å². The standard InChI is InChI=1S/C22H32N2S/c1-3-15-5-7-19(8-6-15)23-21(25)24-20(4-2)22-12-16-9-17(13-22)11-18(10-16)14-22/h5-8,16-18,20H,3-4,9-14H2,1-2H3,(H2,23,24,25). The predicted octanol–water partition coefficient (Wildman–Crippen LogP) is 5.53. The van der Waals surface area contributed by atoms with Gasteiger partial charge in [0.25, 0.3) is 0 Å². The zero-order valence-electron chi connectivity index (χ0n) is 15.7.